The van der Waals surface area contributed by atoms with Crippen molar-refractivity contribution in [3.8, 4) is 5.75 Å². The van der Waals surface area contributed by atoms with Gasteiger partial charge in [-0.25, -0.2) is 0 Å². The quantitative estimate of drug-likeness (QED) is 0.797. The van der Waals surface area contributed by atoms with E-state index in [4.69, 9.17) is 9.15 Å². The van der Waals surface area contributed by atoms with E-state index in [9.17, 15) is 4.79 Å². The van der Waals surface area contributed by atoms with E-state index in [2.05, 4.69) is 5.32 Å². The fourth-order valence-electron chi connectivity index (χ4n) is 2.22. The van der Waals surface area contributed by atoms with Gasteiger partial charge in [-0.2, -0.15) is 0 Å². The van der Waals surface area contributed by atoms with Crippen LogP contribution in [0, 0.1) is 0 Å². The summed E-state index contributed by atoms with van der Waals surface area (Å²) in [6.45, 7) is 0.339. The highest BCUT2D eigenvalue weighted by Crippen LogP contribution is 2.20. The number of methoxy groups -OCH3 is 1. The van der Waals surface area contributed by atoms with Crippen molar-refractivity contribution < 1.29 is 13.9 Å². The Labute approximate surface area is 122 Å². The van der Waals surface area contributed by atoms with Gasteiger partial charge in [0.15, 0.2) is 0 Å². The van der Waals surface area contributed by atoms with E-state index in [0.29, 0.717) is 17.9 Å². The monoisotopic (exact) mass is 281 g/mol. The van der Waals surface area contributed by atoms with Gasteiger partial charge >= 0.3 is 0 Å². The Hall–Kier alpha value is -2.75. The Bertz CT molecular complexity index is 743. The summed E-state index contributed by atoms with van der Waals surface area (Å²) < 4.78 is 10.8. The molecular formula is C17H15NO3. The molecule has 3 aromatic rings. The Morgan fingerprint density at radius 3 is 2.71 bits per heavy atom. The Morgan fingerprint density at radius 1 is 1.14 bits per heavy atom. The molecule has 0 saturated carbocycles. The van der Waals surface area contributed by atoms with Crippen LogP contribution in [0.4, 0.5) is 0 Å². The Kier molecular flexibility index (Phi) is 3.60. The molecular weight excluding hydrogens is 266 g/mol. The molecule has 0 unspecified atom stereocenters. The van der Waals surface area contributed by atoms with E-state index in [1.54, 1.807) is 25.3 Å². The number of fused-ring (bicyclic) bond motifs is 1. The first kappa shape index (κ1) is 13.2. The standard InChI is InChI=1S/C17H15NO3/c1-20-16-9-5-3-7-14(16)17(19)18-11-13-10-12-6-2-4-8-15(12)21-13/h2-10H,11H2,1H3,(H,18,19). The van der Waals surface area contributed by atoms with Crippen LogP contribution in [0.1, 0.15) is 16.1 Å². The van der Waals surface area contributed by atoms with E-state index < -0.39 is 0 Å². The molecule has 1 aromatic heterocycles. The van der Waals surface area contributed by atoms with Crippen molar-refractivity contribution in [3.05, 3.63) is 65.9 Å². The number of carbonyl (C=O) groups is 1. The van der Waals surface area contributed by atoms with Crippen LogP contribution in [0.3, 0.4) is 0 Å². The summed E-state index contributed by atoms with van der Waals surface area (Å²) in [6.07, 6.45) is 0. The van der Waals surface area contributed by atoms with Crippen LogP contribution < -0.4 is 10.1 Å². The second kappa shape index (κ2) is 5.71. The summed E-state index contributed by atoms with van der Waals surface area (Å²) in [7, 11) is 1.55. The Balaban J connectivity index is 1.73. The minimum atomic E-state index is -0.187. The minimum absolute atomic E-state index is 0.187. The first-order valence-electron chi connectivity index (χ1n) is 6.66. The molecule has 4 nitrogen and oxygen atoms in total. The second-order valence-corrected chi connectivity index (χ2v) is 4.63. The molecule has 0 atom stereocenters. The summed E-state index contributed by atoms with van der Waals surface area (Å²) in [5, 5.41) is 3.87. The smallest absolute Gasteiger partial charge is 0.255 e. The topological polar surface area (TPSA) is 51.5 Å². The van der Waals surface area contributed by atoms with E-state index in [-0.39, 0.29) is 5.91 Å². The molecule has 21 heavy (non-hydrogen) atoms. The summed E-state index contributed by atoms with van der Waals surface area (Å²) in [6, 6.07) is 16.8. The molecule has 4 heteroatoms. The largest absolute Gasteiger partial charge is 0.496 e. The molecule has 106 valence electrons. The molecule has 0 aliphatic rings. The lowest BCUT2D eigenvalue weighted by Gasteiger charge is -2.07. The maximum absolute atomic E-state index is 12.2. The number of hydrogen-bond acceptors (Lipinski definition) is 3. The molecule has 1 N–H and O–H groups in total. The fraction of sp³-hybridized carbons (Fsp3) is 0.118. The molecule has 0 radical (unpaired) electrons. The lowest BCUT2D eigenvalue weighted by molar-refractivity contribution is 0.0945. The van der Waals surface area contributed by atoms with Gasteiger partial charge in [-0.05, 0) is 24.3 Å². The molecule has 3 rings (SSSR count). The molecule has 1 amide bonds. The van der Waals surface area contributed by atoms with Gasteiger partial charge < -0.3 is 14.5 Å². The third-order valence-electron chi connectivity index (χ3n) is 3.25. The van der Waals surface area contributed by atoms with E-state index in [0.717, 1.165) is 16.7 Å². The van der Waals surface area contributed by atoms with Crippen LogP contribution in [0.5, 0.6) is 5.75 Å². The molecule has 0 aliphatic heterocycles. The molecule has 0 saturated heterocycles. The highest BCUT2D eigenvalue weighted by molar-refractivity contribution is 5.96. The lowest BCUT2D eigenvalue weighted by atomic mass is 10.2. The number of amides is 1. The van der Waals surface area contributed by atoms with Crippen molar-refractivity contribution in [2.45, 2.75) is 6.54 Å². The summed E-state index contributed by atoms with van der Waals surface area (Å²) in [5.74, 6) is 1.09. The van der Waals surface area contributed by atoms with Gasteiger partial charge in [0, 0.05) is 5.39 Å². The normalized spacial score (nSPS) is 10.5. The van der Waals surface area contributed by atoms with Crippen LogP contribution in [-0.4, -0.2) is 13.0 Å². The van der Waals surface area contributed by atoms with Crippen LogP contribution in [0.2, 0.25) is 0 Å². The third kappa shape index (κ3) is 2.74. The molecule has 0 aliphatic carbocycles. The highest BCUT2D eigenvalue weighted by Gasteiger charge is 2.12. The number of para-hydroxylation sites is 2. The van der Waals surface area contributed by atoms with Crippen LogP contribution >= 0.6 is 0 Å². The molecule has 0 fully saturated rings. The minimum Gasteiger partial charge on any atom is -0.496 e. The molecule has 0 spiro atoms. The molecule has 1 heterocycles. The summed E-state index contributed by atoms with van der Waals surface area (Å²) >= 11 is 0. The molecule has 2 aromatic carbocycles. The zero-order valence-corrected chi connectivity index (χ0v) is 11.6. The maximum atomic E-state index is 12.2. The highest BCUT2D eigenvalue weighted by atomic mass is 16.5. The van der Waals surface area contributed by atoms with Gasteiger partial charge in [0.05, 0.1) is 19.2 Å². The van der Waals surface area contributed by atoms with Gasteiger partial charge in [0.2, 0.25) is 0 Å². The SMILES string of the molecule is COc1ccccc1C(=O)NCc1cc2ccccc2o1. The number of carbonyl (C=O) groups excluding carboxylic acids is 1. The first-order valence-corrected chi connectivity index (χ1v) is 6.66. The second-order valence-electron chi connectivity index (χ2n) is 4.63. The third-order valence-corrected chi connectivity index (χ3v) is 3.25. The van der Waals surface area contributed by atoms with E-state index >= 15 is 0 Å². The summed E-state index contributed by atoms with van der Waals surface area (Å²) in [4.78, 5) is 12.2. The van der Waals surface area contributed by atoms with Gasteiger partial charge in [-0.15, -0.1) is 0 Å². The average molecular weight is 281 g/mol. The van der Waals surface area contributed by atoms with Crippen molar-refractivity contribution in [2.75, 3.05) is 7.11 Å². The average Bonchev–Trinajstić information content (AvgIpc) is 2.95. The van der Waals surface area contributed by atoms with Gasteiger partial charge in [-0.1, -0.05) is 30.3 Å². The van der Waals surface area contributed by atoms with Gasteiger partial charge in [0.25, 0.3) is 5.91 Å². The van der Waals surface area contributed by atoms with E-state index in [1.165, 1.54) is 0 Å². The van der Waals surface area contributed by atoms with Crippen LogP contribution in [0.25, 0.3) is 11.0 Å². The van der Waals surface area contributed by atoms with Crippen molar-refractivity contribution in [2.24, 2.45) is 0 Å². The Morgan fingerprint density at radius 2 is 1.90 bits per heavy atom. The predicted octanol–water partition coefficient (Wildman–Crippen LogP) is 3.37. The van der Waals surface area contributed by atoms with Crippen molar-refractivity contribution in [1.29, 1.82) is 0 Å². The predicted molar refractivity (Wildman–Crippen MR) is 80.4 cm³/mol. The van der Waals surface area contributed by atoms with Gasteiger partial charge in [-0.3, -0.25) is 4.79 Å². The number of hydrogen-bond donors (Lipinski definition) is 1. The number of nitrogens with one attached hydrogen (secondary N) is 1. The number of ether oxygens (including phenoxy) is 1. The van der Waals surface area contributed by atoms with Gasteiger partial charge in [0.1, 0.15) is 17.1 Å². The summed E-state index contributed by atoms with van der Waals surface area (Å²) in [5.41, 5.74) is 1.33. The zero-order valence-electron chi connectivity index (χ0n) is 11.6. The maximum Gasteiger partial charge on any atom is 0.255 e. The van der Waals surface area contributed by atoms with E-state index in [1.807, 2.05) is 36.4 Å². The lowest BCUT2D eigenvalue weighted by Crippen LogP contribution is -2.23. The number of benzene rings is 2. The van der Waals surface area contributed by atoms with Crippen molar-refractivity contribution >= 4 is 16.9 Å². The van der Waals surface area contributed by atoms with Crippen LogP contribution in [-0.2, 0) is 6.54 Å². The van der Waals surface area contributed by atoms with Crippen molar-refractivity contribution in [3.63, 3.8) is 0 Å². The van der Waals surface area contributed by atoms with Crippen molar-refractivity contribution in [1.82, 2.24) is 5.32 Å². The molecule has 0 bridgehead atoms. The fourth-order valence-corrected chi connectivity index (χ4v) is 2.22. The zero-order chi connectivity index (χ0) is 14.7. The number of furan rings is 1. The first-order chi connectivity index (χ1) is 10.3. The number of rotatable bonds is 4. The van der Waals surface area contributed by atoms with Crippen LogP contribution in [0.15, 0.2) is 59.0 Å².